The van der Waals surface area contributed by atoms with Crippen LogP contribution in [0.5, 0.6) is 5.75 Å². The number of aromatic nitrogens is 1. The number of hydrogen-bond donors (Lipinski definition) is 1. The van der Waals surface area contributed by atoms with E-state index in [4.69, 9.17) is 19.9 Å². The van der Waals surface area contributed by atoms with Crippen LogP contribution in [0.4, 0.5) is 0 Å². The Bertz CT molecular complexity index is 903. The molecule has 1 aromatic heterocycles. The molecule has 1 amide bonds. The maximum Gasteiger partial charge on any atom is 0.240 e. The molecule has 7 heteroatoms. The monoisotopic (exact) mass is 457 g/mol. The van der Waals surface area contributed by atoms with Gasteiger partial charge in [0.15, 0.2) is 0 Å². The molecule has 1 heterocycles. The summed E-state index contributed by atoms with van der Waals surface area (Å²) in [5, 5.41) is 0. The topological polar surface area (TPSA) is 86.9 Å². The van der Waals surface area contributed by atoms with Crippen LogP contribution in [0.2, 0.25) is 0 Å². The van der Waals surface area contributed by atoms with Crippen molar-refractivity contribution in [3.63, 3.8) is 0 Å². The Labute approximate surface area is 198 Å². The van der Waals surface area contributed by atoms with Gasteiger partial charge in [-0.15, -0.1) is 0 Å². The lowest BCUT2D eigenvalue weighted by Gasteiger charge is -2.30. The van der Waals surface area contributed by atoms with E-state index in [2.05, 4.69) is 4.98 Å². The zero-order valence-corrected chi connectivity index (χ0v) is 21.1. The molecular formula is C26H39N3O4. The summed E-state index contributed by atoms with van der Waals surface area (Å²) < 4.78 is 16.5. The van der Waals surface area contributed by atoms with Gasteiger partial charge in [-0.3, -0.25) is 9.78 Å². The van der Waals surface area contributed by atoms with Crippen LogP contribution in [0.25, 0.3) is 0 Å². The highest BCUT2D eigenvalue weighted by molar-refractivity contribution is 5.82. The van der Waals surface area contributed by atoms with E-state index in [0.717, 1.165) is 39.4 Å². The quantitative estimate of drug-likeness (QED) is 0.526. The molecule has 1 aromatic carbocycles. The van der Waals surface area contributed by atoms with Gasteiger partial charge in [-0.25, -0.2) is 0 Å². The zero-order valence-electron chi connectivity index (χ0n) is 21.1. The van der Waals surface area contributed by atoms with E-state index < -0.39 is 6.04 Å². The lowest BCUT2D eigenvalue weighted by Crippen LogP contribution is -2.48. The second-order valence-corrected chi connectivity index (χ2v) is 8.51. The Morgan fingerprint density at radius 3 is 2.30 bits per heavy atom. The van der Waals surface area contributed by atoms with Crippen molar-refractivity contribution < 1.29 is 19.0 Å². The molecule has 0 radical (unpaired) electrons. The summed E-state index contributed by atoms with van der Waals surface area (Å²) in [6.45, 7) is 11.6. The average Bonchev–Trinajstić information content (AvgIpc) is 2.77. The molecule has 33 heavy (non-hydrogen) atoms. The number of benzene rings is 1. The van der Waals surface area contributed by atoms with Gasteiger partial charge in [0.1, 0.15) is 5.75 Å². The minimum atomic E-state index is -0.688. The van der Waals surface area contributed by atoms with Crippen molar-refractivity contribution >= 4 is 5.91 Å². The van der Waals surface area contributed by atoms with Gasteiger partial charge < -0.3 is 24.8 Å². The van der Waals surface area contributed by atoms with Gasteiger partial charge in [-0.05, 0) is 81.5 Å². The molecule has 2 atom stereocenters. The lowest BCUT2D eigenvalue weighted by molar-refractivity contribution is -0.136. The summed E-state index contributed by atoms with van der Waals surface area (Å²) in [5.41, 5.74) is 12.6. The summed E-state index contributed by atoms with van der Waals surface area (Å²) >= 11 is 0. The van der Waals surface area contributed by atoms with E-state index in [1.165, 1.54) is 0 Å². The minimum Gasteiger partial charge on any atom is -0.497 e. The van der Waals surface area contributed by atoms with Gasteiger partial charge in [-0.2, -0.15) is 0 Å². The number of hydrogen-bond acceptors (Lipinski definition) is 6. The van der Waals surface area contributed by atoms with Crippen LogP contribution in [-0.2, 0) is 27.2 Å². The number of nitrogens with zero attached hydrogens (tertiary/aromatic N) is 2. The molecule has 0 saturated heterocycles. The molecule has 2 aromatic rings. The summed E-state index contributed by atoms with van der Waals surface area (Å²) in [6.07, 6.45) is 0.202. The highest BCUT2D eigenvalue weighted by Crippen LogP contribution is 2.23. The molecule has 182 valence electrons. The molecule has 0 spiro atoms. The summed E-state index contributed by atoms with van der Waals surface area (Å²) in [5.74, 6) is 0.667. The number of amides is 1. The second kappa shape index (κ2) is 12.7. The number of methoxy groups -OCH3 is 2. The fraction of sp³-hybridized carbons (Fsp3) is 0.538. The number of rotatable bonds is 12. The van der Waals surface area contributed by atoms with Crippen LogP contribution in [0.3, 0.4) is 0 Å². The van der Waals surface area contributed by atoms with E-state index in [-0.39, 0.29) is 12.0 Å². The third kappa shape index (κ3) is 7.52. The Balaban J connectivity index is 2.27. The first-order valence-corrected chi connectivity index (χ1v) is 11.4. The largest absolute Gasteiger partial charge is 0.497 e. The molecule has 0 saturated carbocycles. The van der Waals surface area contributed by atoms with E-state index in [1.54, 1.807) is 19.1 Å². The van der Waals surface area contributed by atoms with Gasteiger partial charge in [0, 0.05) is 26.0 Å². The highest BCUT2D eigenvalue weighted by atomic mass is 16.5. The molecule has 2 N–H and O–H groups in total. The smallest absolute Gasteiger partial charge is 0.240 e. The third-order valence-corrected chi connectivity index (χ3v) is 5.90. The molecule has 7 nitrogen and oxygen atoms in total. The number of nitrogens with two attached hydrogens (primary N) is 1. The molecule has 0 aliphatic rings. The van der Waals surface area contributed by atoms with Gasteiger partial charge in [0.05, 0.1) is 38.1 Å². The number of pyridine rings is 1. The number of carbonyl (C=O) groups excluding carboxylic acids is 1. The summed E-state index contributed by atoms with van der Waals surface area (Å²) in [7, 11) is 3.28. The highest BCUT2D eigenvalue weighted by Gasteiger charge is 2.26. The van der Waals surface area contributed by atoms with Crippen molar-refractivity contribution in [2.24, 2.45) is 5.73 Å². The van der Waals surface area contributed by atoms with Crippen molar-refractivity contribution in [2.45, 2.75) is 59.7 Å². The molecule has 0 aliphatic heterocycles. The van der Waals surface area contributed by atoms with E-state index >= 15 is 0 Å². The first kappa shape index (κ1) is 26.8. The van der Waals surface area contributed by atoms with Crippen LogP contribution in [0.15, 0.2) is 24.3 Å². The summed E-state index contributed by atoms with van der Waals surface area (Å²) in [6, 6.07) is 7.24. The van der Waals surface area contributed by atoms with Gasteiger partial charge in [0.2, 0.25) is 5.91 Å². The fourth-order valence-electron chi connectivity index (χ4n) is 3.95. The van der Waals surface area contributed by atoms with E-state index in [0.29, 0.717) is 32.7 Å². The standard InChI is InChI=1S/C26H39N3O4/c1-8-33-23(16-31-6)15-29(14-21-10-9-17(2)20(5)28-21)26(30)25(27)13-24-18(3)11-22(32-7)12-19(24)4/h9-12,23,25H,8,13-16,27H2,1-7H3/t23?,25-/m0/s1. The first-order valence-electron chi connectivity index (χ1n) is 11.4. The lowest BCUT2D eigenvalue weighted by atomic mass is 9.95. The molecule has 2 rings (SSSR count). The van der Waals surface area contributed by atoms with E-state index in [9.17, 15) is 4.79 Å². The van der Waals surface area contributed by atoms with Crippen LogP contribution in [0.1, 0.15) is 40.6 Å². The Hall–Kier alpha value is -2.48. The summed E-state index contributed by atoms with van der Waals surface area (Å²) in [4.78, 5) is 20.0. The predicted molar refractivity (Wildman–Crippen MR) is 131 cm³/mol. The molecule has 0 bridgehead atoms. The van der Waals surface area contributed by atoms with Crippen molar-refractivity contribution in [1.29, 1.82) is 0 Å². The van der Waals surface area contributed by atoms with Gasteiger partial charge in [-0.1, -0.05) is 6.07 Å². The fourth-order valence-corrected chi connectivity index (χ4v) is 3.95. The van der Waals surface area contributed by atoms with Crippen molar-refractivity contribution in [1.82, 2.24) is 9.88 Å². The molecule has 1 unspecified atom stereocenters. The van der Waals surface area contributed by atoms with E-state index in [1.807, 2.05) is 58.9 Å². The number of carbonyl (C=O) groups is 1. The van der Waals surface area contributed by atoms with Crippen LogP contribution in [-0.4, -0.2) is 61.9 Å². The second-order valence-electron chi connectivity index (χ2n) is 8.51. The Morgan fingerprint density at radius 2 is 1.76 bits per heavy atom. The number of aryl methyl sites for hydroxylation is 4. The van der Waals surface area contributed by atoms with Gasteiger partial charge in [0.25, 0.3) is 0 Å². The zero-order chi connectivity index (χ0) is 24.5. The van der Waals surface area contributed by atoms with Crippen molar-refractivity contribution in [3.8, 4) is 5.75 Å². The van der Waals surface area contributed by atoms with Crippen LogP contribution < -0.4 is 10.5 Å². The van der Waals surface area contributed by atoms with Crippen LogP contribution in [0, 0.1) is 27.7 Å². The molecule has 0 fully saturated rings. The third-order valence-electron chi connectivity index (χ3n) is 5.90. The maximum atomic E-state index is 13.5. The number of ether oxygens (including phenoxy) is 3. The van der Waals surface area contributed by atoms with Crippen molar-refractivity contribution in [3.05, 3.63) is 57.9 Å². The Kier molecular flexibility index (Phi) is 10.3. The normalized spacial score (nSPS) is 13.0. The van der Waals surface area contributed by atoms with Crippen molar-refractivity contribution in [2.75, 3.05) is 34.0 Å². The molecule has 0 aliphatic carbocycles. The van der Waals surface area contributed by atoms with Crippen LogP contribution >= 0.6 is 0 Å². The SMILES string of the molecule is CCOC(COC)CN(Cc1ccc(C)c(C)n1)C(=O)[C@@H](N)Cc1c(C)cc(OC)cc1C. The van der Waals surface area contributed by atoms with Gasteiger partial charge >= 0.3 is 0 Å². The minimum absolute atomic E-state index is 0.134. The average molecular weight is 458 g/mol. The predicted octanol–water partition coefficient (Wildman–Crippen LogP) is 3.27. The first-order chi connectivity index (χ1) is 15.7. The maximum absolute atomic E-state index is 13.5. The Morgan fingerprint density at radius 1 is 1.09 bits per heavy atom. The molecular weight excluding hydrogens is 418 g/mol.